The topological polar surface area (TPSA) is 52.6 Å². The molecule has 1 rings (SSSR count). The molecule has 1 aromatic rings. The fourth-order valence-electron chi connectivity index (χ4n) is 1.61. The van der Waals surface area contributed by atoms with Gasteiger partial charge in [0.1, 0.15) is 6.10 Å². The van der Waals surface area contributed by atoms with Crippen LogP contribution in [0.25, 0.3) is 6.08 Å². The maximum atomic E-state index is 11.7. The zero-order valence-corrected chi connectivity index (χ0v) is 11.9. The van der Waals surface area contributed by atoms with E-state index in [0.717, 1.165) is 5.56 Å². The van der Waals surface area contributed by atoms with Crippen molar-refractivity contribution in [3.63, 3.8) is 0 Å². The maximum Gasteiger partial charge on any atom is 0.331 e. The van der Waals surface area contributed by atoms with E-state index in [1.807, 2.05) is 37.3 Å². The Kier molecular flexibility index (Phi) is 7.11. The van der Waals surface area contributed by atoms with Gasteiger partial charge in [-0.25, -0.2) is 4.79 Å². The molecule has 1 unspecified atom stereocenters. The molecular weight excluding hydrogens is 256 g/mol. The first-order valence-electron chi connectivity index (χ1n) is 6.75. The lowest BCUT2D eigenvalue weighted by Gasteiger charge is -2.13. The number of carbonyl (C=O) groups excluding carboxylic acids is 2. The molecule has 0 bridgehead atoms. The van der Waals surface area contributed by atoms with Gasteiger partial charge in [-0.2, -0.15) is 0 Å². The van der Waals surface area contributed by atoms with E-state index in [9.17, 15) is 9.59 Å². The number of benzene rings is 1. The summed E-state index contributed by atoms with van der Waals surface area (Å²) in [6.45, 7) is 3.93. The average Bonchev–Trinajstić information content (AvgIpc) is 2.45. The van der Waals surface area contributed by atoms with Crippen molar-refractivity contribution in [2.45, 2.75) is 32.8 Å². The molecular formula is C16H20O4. The van der Waals surface area contributed by atoms with Crippen molar-refractivity contribution in [3.8, 4) is 0 Å². The van der Waals surface area contributed by atoms with E-state index in [-0.39, 0.29) is 12.4 Å². The van der Waals surface area contributed by atoms with Crippen LogP contribution in [0.5, 0.6) is 0 Å². The van der Waals surface area contributed by atoms with Gasteiger partial charge < -0.3 is 9.47 Å². The molecule has 20 heavy (non-hydrogen) atoms. The fourth-order valence-corrected chi connectivity index (χ4v) is 1.61. The first-order valence-corrected chi connectivity index (χ1v) is 6.75. The summed E-state index contributed by atoms with van der Waals surface area (Å²) < 4.78 is 10.0. The molecule has 0 amide bonds. The van der Waals surface area contributed by atoms with E-state index < -0.39 is 12.1 Å². The van der Waals surface area contributed by atoms with Crippen LogP contribution >= 0.6 is 0 Å². The van der Waals surface area contributed by atoms with Gasteiger partial charge in [-0.15, -0.1) is 0 Å². The number of hydrogen-bond acceptors (Lipinski definition) is 4. The molecule has 0 saturated heterocycles. The normalized spacial score (nSPS) is 12.1. The van der Waals surface area contributed by atoms with Crippen molar-refractivity contribution in [1.82, 2.24) is 0 Å². The predicted molar refractivity (Wildman–Crippen MR) is 76.9 cm³/mol. The fraction of sp³-hybridized carbons (Fsp3) is 0.375. The summed E-state index contributed by atoms with van der Waals surface area (Å²) in [6.07, 6.45) is 3.27. The third-order valence-corrected chi connectivity index (χ3v) is 2.65. The van der Waals surface area contributed by atoms with Crippen LogP contribution in [-0.4, -0.2) is 24.6 Å². The molecule has 0 aromatic heterocycles. The Hall–Kier alpha value is -2.10. The van der Waals surface area contributed by atoms with Crippen molar-refractivity contribution in [3.05, 3.63) is 42.0 Å². The van der Waals surface area contributed by atoms with Gasteiger partial charge in [0, 0.05) is 6.08 Å². The highest BCUT2D eigenvalue weighted by molar-refractivity contribution is 5.87. The SMILES string of the molecule is CCOC(=O)CC(CC)OC(=O)/C=C/c1ccccc1. The highest BCUT2D eigenvalue weighted by Crippen LogP contribution is 2.07. The minimum atomic E-state index is -0.454. The van der Waals surface area contributed by atoms with Gasteiger partial charge in [-0.3, -0.25) is 4.79 Å². The lowest BCUT2D eigenvalue weighted by molar-refractivity contribution is -0.151. The smallest absolute Gasteiger partial charge is 0.331 e. The van der Waals surface area contributed by atoms with E-state index >= 15 is 0 Å². The van der Waals surface area contributed by atoms with Crippen LogP contribution in [-0.2, 0) is 19.1 Å². The first-order chi connectivity index (χ1) is 9.65. The van der Waals surface area contributed by atoms with E-state index in [1.165, 1.54) is 6.08 Å². The third-order valence-electron chi connectivity index (χ3n) is 2.65. The van der Waals surface area contributed by atoms with E-state index in [4.69, 9.17) is 9.47 Å². The van der Waals surface area contributed by atoms with Gasteiger partial charge in [0.15, 0.2) is 0 Å². The van der Waals surface area contributed by atoms with Crippen molar-refractivity contribution < 1.29 is 19.1 Å². The van der Waals surface area contributed by atoms with Crippen LogP contribution < -0.4 is 0 Å². The Morgan fingerprint density at radius 2 is 1.90 bits per heavy atom. The number of carbonyl (C=O) groups is 2. The van der Waals surface area contributed by atoms with Crippen molar-refractivity contribution in [2.75, 3.05) is 6.61 Å². The van der Waals surface area contributed by atoms with Crippen LogP contribution in [0.4, 0.5) is 0 Å². The Balaban J connectivity index is 2.47. The minimum absolute atomic E-state index is 0.0925. The van der Waals surface area contributed by atoms with Gasteiger partial charge in [0.2, 0.25) is 0 Å². The second-order valence-electron chi connectivity index (χ2n) is 4.22. The van der Waals surface area contributed by atoms with Crippen LogP contribution in [0.15, 0.2) is 36.4 Å². The second-order valence-corrected chi connectivity index (χ2v) is 4.22. The lowest BCUT2D eigenvalue weighted by Crippen LogP contribution is -2.21. The maximum absolute atomic E-state index is 11.7. The minimum Gasteiger partial charge on any atom is -0.466 e. The van der Waals surface area contributed by atoms with Gasteiger partial charge >= 0.3 is 11.9 Å². The number of hydrogen-bond donors (Lipinski definition) is 0. The van der Waals surface area contributed by atoms with Gasteiger partial charge in [0.05, 0.1) is 13.0 Å². The molecule has 1 aromatic carbocycles. The van der Waals surface area contributed by atoms with Crippen LogP contribution in [0.1, 0.15) is 32.3 Å². The van der Waals surface area contributed by atoms with Gasteiger partial charge in [-0.1, -0.05) is 37.3 Å². The largest absolute Gasteiger partial charge is 0.466 e. The summed E-state index contributed by atoms with van der Waals surface area (Å²) in [6, 6.07) is 9.46. The molecule has 0 aliphatic heterocycles. The molecule has 0 N–H and O–H groups in total. The van der Waals surface area contributed by atoms with E-state index in [1.54, 1.807) is 13.0 Å². The molecule has 108 valence electrons. The summed E-state index contributed by atoms with van der Waals surface area (Å²) in [7, 11) is 0. The van der Waals surface area contributed by atoms with Crippen LogP contribution in [0.3, 0.4) is 0 Å². The van der Waals surface area contributed by atoms with Crippen LogP contribution in [0.2, 0.25) is 0 Å². The number of ether oxygens (including phenoxy) is 2. The average molecular weight is 276 g/mol. The standard InChI is InChI=1S/C16H20O4/c1-3-14(12-16(18)19-4-2)20-15(17)11-10-13-8-6-5-7-9-13/h5-11,14H,3-4,12H2,1-2H3/b11-10+. The quantitative estimate of drug-likeness (QED) is 0.567. The second kappa shape index (κ2) is 8.91. The monoisotopic (exact) mass is 276 g/mol. The van der Waals surface area contributed by atoms with Crippen molar-refractivity contribution in [2.24, 2.45) is 0 Å². The van der Waals surface area contributed by atoms with Crippen LogP contribution in [0, 0.1) is 0 Å². The molecule has 0 heterocycles. The third kappa shape index (κ3) is 6.18. The number of esters is 2. The molecule has 4 nitrogen and oxygen atoms in total. The molecule has 0 spiro atoms. The molecule has 0 aliphatic rings. The van der Waals surface area contributed by atoms with Crippen molar-refractivity contribution >= 4 is 18.0 Å². The predicted octanol–water partition coefficient (Wildman–Crippen LogP) is 2.97. The lowest BCUT2D eigenvalue weighted by atomic mass is 10.2. The van der Waals surface area contributed by atoms with Gasteiger partial charge in [-0.05, 0) is 25.0 Å². The Bertz CT molecular complexity index is 451. The van der Waals surface area contributed by atoms with E-state index in [2.05, 4.69) is 0 Å². The zero-order valence-electron chi connectivity index (χ0n) is 11.9. The first kappa shape index (κ1) is 16.0. The number of rotatable bonds is 7. The molecule has 0 saturated carbocycles. The molecule has 0 fully saturated rings. The summed E-state index contributed by atoms with van der Waals surface area (Å²) in [5, 5.41) is 0. The Morgan fingerprint density at radius 1 is 1.20 bits per heavy atom. The molecule has 0 radical (unpaired) electrons. The Morgan fingerprint density at radius 3 is 2.50 bits per heavy atom. The Labute approximate surface area is 119 Å². The molecule has 0 aliphatic carbocycles. The summed E-state index contributed by atoms with van der Waals surface area (Å²) in [5.74, 6) is -0.802. The summed E-state index contributed by atoms with van der Waals surface area (Å²) in [5.41, 5.74) is 0.919. The zero-order chi connectivity index (χ0) is 14.8. The summed E-state index contributed by atoms with van der Waals surface area (Å²) >= 11 is 0. The molecule has 1 atom stereocenters. The molecule has 4 heteroatoms. The van der Waals surface area contributed by atoms with Crippen molar-refractivity contribution in [1.29, 1.82) is 0 Å². The van der Waals surface area contributed by atoms with E-state index in [0.29, 0.717) is 13.0 Å². The summed E-state index contributed by atoms with van der Waals surface area (Å²) in [4.78, 5) is 23.0. The highest BCUT2D eigenvalue weighted by Gasteiger charge is 2.16. The highest BCUT2D eigenvalue weighted by atomic mass is 16.6. The van der Waals surface area contributed by atoms with Gasteiger partial charge in [0.25, 0.3) is 0 Å².